The summed E-state index contributed by atoms with van der Waals surface area (Å²) in [7, 11) is 0. The van der Waals surface area contributed by atoms with Crippen molar-refractivity contribution in [2.24, 2.45) is 0 Å². The monoisotopic (exact) mass is 439 g/mol. The summed E-state index contributed by atoms with van der Waals surface area (Å²) < 4.78 is 5.07. The summed E-state index contributed by atoms with van der Waals surface area (Å²) in [6.45, 7) is 10.2. The van der Waals surface area contributed by atoms with Gasteiger partial charge < -0.3 is 4.74 Å². The van der Waals surface area contributed by atoms with E-state index >= 15 is 0 Å². The third kappa shape index (κ3) is 3.36. The minimum Gasteiger partial charge on any atom is -0.444 e. The van der Waals surface area contributed by atoms with E-state index in [2.05, 4.69) is 6.58 Å². The lowest BCUT2D eigenvalue weighted by atomic mass is 9.77. The van der Waals surface area contributed by atoms with Crippen LogP contribution in [0.1, 0.15) is 53.7 Å². The minimum atomic E-state index is -0.702. The maximum absolute atomic E-state index is 13.3. The lowest BCUT2D eigenvalue weighted by molar-refractivity contribution is 0.0228. The van der Waals surface area contributed by atoms with Gasteiger partial charge in [0, 0.05) is 16.0 Å². The van der Waals surface area contributed by atoms with E-state index in [1.165, 1.54) is 0 Å². The van der Waals surface area contributed by atoms with Crippen LogP contribution in [-0.4, -0.2) is 39.4 Å². The zero-order chi connectivity index (χ0) is 21.7. The third-order valence-electron chi connectivity index (χ3n) is 5.31. The first kappa shape index (κ1) is 21.1. The van der Waals surface area contributed by atoms with E-state index in [0.29, 0.717) is 17.7 Å². The summed E-state index contributed by atoms with van der Waals surface area (Å²) >= 11 is 3.19. The van der Waals surface area contributed by atoms with Crippen LogP contribution < -0.4 is 0 Å². The highest BCUT2D eigenvalue weighted by Gasteiger charge is 2.55. The van der Waals surface area contributed by atoms with Crippen molar-refractivity contribution in [1.82, 2.24) is 4.90 Å². The van der Waals surface area contributed by atoms with Gasteiger partial charge in [0.05, 0.1) is 12.5 Å². The summed E-state index contributed by atoms with van der Waals surface area (Å²) in [6, 6.07) is 15.4. The average molecular weight is 440 g/mol. The molecule has 0 spiro atoms. The maximum atomic E-state index is 13.3. The summed E-state index contributed by atoms with van der Waals surface area (Å²) in [5, 5.41) is 0. The van der Waals surface area contributed by atoms with Crippen molar-refractivity contribution in [1.29, 1.82) is 0 Å². The molecule has 156 valence electrons. The molecule has 0 N–H and O–H groups in total. The first-order chi connectivity index (χ1) is 14.2. The molecular formula is C24H25NO3S2. The Kier molecular flexibility index (Phi) is 5.27. The van der Waals surface area contributed by atoms with Crippen LogP contribution >= 0.6 is 23.5 Å². The van der Waals surface area contributed by atoms with Crippen molar-refractivity contribution in [2.45, 2.75) is 36.5 Å². The molecule has 1 amide bonds. The molecule has 1 atom stereocenters. The van der Waals surface area contributed by atoms with E-state index in [-0.39, 0.29) is 17.8 Å². The molecule has 1 saturated heterocycles. The number of hydrogen-bond acceptors (Lipinski definition) is 5. The van der Waals surface area contributed by atoms with E-state index in [9.17, 15) is 9.59 Å². The van der Waals surface area contributed by atoms with Crippen LogP contribution in [0.5, 0.6) is 0 Å². The van der Waals surface area contributed by atoms with Crippen molar-refractivity contribution in [3.8, 4) is 0 Å². The first-order valence-electron chi connectivity index (χ1n) is 9.83. The molecule has 0 bridgehead atoms. The fraction of sp³-hybridized carbons (Fsp3) is 0.333. The topological polar surface area (TPSA) is 46.6 Å². The van der Waals surface area contributed by atoms with Crippen molar-refractivity contribution in [2.75, 3.05) is 12.8 Å². The largest absolute Gasteiger partial charge is 0.444 e. The van der Waals surface area contributed by atoms with Crippen molar-refractivity contribution in [3.05, 3.63) is 82.3 Å². The predicted octanol–water partition coefficient (Wildman–Crippen LogP) is 5.88. The Bertz CT molecular complexity index is 993. The number of amides is 1. The molecule has 2 aliphatic rings. The van der Waals surface area contributed by atoms with E-state index in [1.54, 1.807) is 28.4 Å². The second-order valence-corrected chi connectivity index (χ2v) is 11.2. The first-order valence-corrected chi connectivity index (χ1v) is 11.9. The number of ether oxygens (including phenoxy) is 1. The van der Waals surface area contributed by atoms with Crippen LogP contribution in [0.15, 0.2) is 60.0 Å². The molecule has 4 rings (SSSR count). The number of rotatable bonds is 2. The molecule has 1 fully saturated rings. The summed E-state index contributed by atoms with van der Waals surface area (Å²) in [5.41, 5.74) is 2.65. The SMILES string of the molecule is C=C1CN(C(=O)OC(C)(C)C)C(SC)(C2c3ccccc3C(=O)c3ccccc32)S1. The standard InChI is InChI=1S/C24H25NO3S2/c1-15-14-25(22(27)28-23(2,3)4)24(29-5,30-15)20-16-10-6-8-12-18(16)21(26)19-13-9-7-11-17(19)20/h6-13,20H,1,14H2,2-5H3. The Hall–Kier alpha value is -2.18. The molecule has 0 aromatic heterocycles. The van der Waals surface area contributed by atoms with Crippen molar-refractivity contribution < 1.29 is 14.3 Å². The molecule has 1 aliphatic carbocycles. The normalized spacial score (nSPS) is 21.4. The molecule has 30 heavy (non-hydrogen) atoms. The molecule has 0 radical (unpaired) electrons. The van der Waals surface area contributed by atoms with Gasteiger partial charge >= 0.3 is 6.09 Å². The van der Waals surface area contributed by atoms with Crippen molar-refractivity contribution >= 4 is 35.4 Å². The lowest BCUT2D eigenvalue weighted by Gasteiger charge is -2.44. The Labute approximate surface area is 186 Å². The van der Waals surface area contributed by atoms with Crippen molar-refractivity contribution in [3.63, 3.8) is 0 Å². The lowest BCUT2D eigenvalue weighted by Crippen LogP contribution is -2.50. The van der Waals surface area contributed by atoms with Crippen LogP contribution in [0.4, 0.5) is 4.79 Å². The van der Waals surface area contributed by atoms with Gasteiger partial charge in [0.25, 0.3) is 0 Å². The molecule has 2 aromatic rings. The fourth-order valence-corrected chi connectivity index (χ4v) is 6.96. The molecule has 2 aromatic carbocycles. The molecule has 6 heteroatoms. The number of thioether (sulfide) groups is 2. The number of nitrogens with zero attached hydrogens (tertiary/aromatic N) is 1. The van der Waals surface area contributed by atoms with Gasteiger partial charge in [-0.1, -0.05) is 66.9 Å². The van der Waals surface area contributed by atoms with Gasteiger partial charge in [-0.15, -0.1) is 11.8 Å². The maximum Gasteiger partial charge on any atom is 0.412 e. The van der Waals surface area contributed by atoms with E-state index in [0.717, 1.165) is 16.0 Å². The fourth-order valence-electron chi connectivity index (χ4n) is 4.19. The highest BCUT2D eigenvalue weighted by molar-refractivity contribution is 8.20. The summed E-state index contributed by atoms with van der Waals surface area (Å²) in [4.78, 5) is 29.2. The van der Waals surface area contributed by atoms with Gasteiger partial charge in [0.15, 0.2) is 9.99 Å². The smallest absolute Gasteiger partial charge is 0.412 e. The number of carbonyl (C=O) groups is 2. The van der Waals surface area contributed by atoms with Gasteiger partial charge in [-0.2, -0.15) is 0 Å². The molecular weight excluding hydrogens is 414 g/mol. The number of benzene rings is 2. The van der Waals surface area contributed by atoms with Gasteiger partial charge in [0.1, 0.15) is 5.60 Å². The number of carbonyl (C=O) groups excluding carboxylic acids is 2. The molecule has 1 aliphatic heterocycles. The van der Waals surface area contributed by atoms with Gasteiger partial charge in [-0.3, -0.25) is 9.69 Å². The number of ketones is 1. The highest BCUT2D eigenvalue weighted by atomic mass is 32.2. The van der Waals surface area contributed by atoms with Crippen LogP contribution in [0.3, 0.4) is 0 Å². The van der Waals surface area contributed by atoms with Crippen LogP contribution in [-0.2, 0) is 4.74 Å². The quantitative estimate of drug-likeness (QED) is 0.585. The number of hydrogen-bond donors (Lipinski definition) is 0. The van der Waals surface area contributed by atoms with Crippen LogP contribution in [0.25, 0.3) is 0 Å². The Morgan fingerprint density at radius 3 is 2.17 bits per heavy atom. The van der Waals surface area contributed by atoms with Crippen LogP contribution in [0, 0.1) is 0 Å². The second kappa shape index (κ2) is 7.50. The zero-order valence-corrected chi connectivity index (χ0v) is 19.2. The number of fused-ring (bicyclic) bond motifs is 2. The molecule has 4 nitrogen and oxygen atoms in total. The highest BCUT2D eigenvalue weighted by Crippen LogP contribution is 2.60. The summed E-state index contributed by atoms with van der Waals surface area (Å²) in [6.07, 6.45) is 1.64. The average Bonchev–Trinajstić information content (AvgIpc) is 3.04. The molecule has 0 saturated carbocycles. The minimum absolute atomic E-state index is 0.0272. The van der Waals surface area contributed by atoms with E-state index in [1.807, 2.05) is 75.6 Å². The Morgan fingerprint density at radius 1 is 1.13 bits per heavy atom. The molecule has 1 unspecified atom stereocenters. The Balaban J connectivity index is 1.92. The predicted molar refractivity (Wildman–Crippen MR) is 124 cm³/mol. The van der Waals surface area contributed by atoms with Gasteiger partial charge in [-0.25, -0.2) is 4.79 Å². The van der Waals surface area contributed by atoms with Gasteiger partial charge in [-0.05, 0) is 38.2 Å². The summed E-state index contributed by atoms with van der Waals surface area (Å²) in [5.74, 6) is -0.172. The van der Waals surface area contributed by atoms with Gasteiger partial charge in [0.2, 0.25) is 0 Å². The van der Waals surface area contributed by atoms with E-state index < -0.39 is 9.80 Å². The van der Waals surface area contributed by atoms with Crippen LogP contribution in [0.2, 0.25) is 0 Å². The van der Waals surface area contributed by atoms with E-state index in [4.69, 9.17) is 4.74 Å². The zero-order valence-electron chi connectivity index (χ0n) is 17.6. The molecule has 1 heterocycles. The second-order valence-electron chi connectivity index (χ2n) is 8.48. The Morgan fingerprint density at radius 2 is 1.67 bits per heavy atom. The third-order valence-corrected chi connectivity index (χ3v) is 8.26.